The molecule has 0 saturated heterocycles. The fourth-order valence-electron chi connectivity index (χ4n) is 2.43. The van der Waals surface area contributed by atoms with Gasteiger partial charge in [-0.15, -0.1) is 0 Å². The molecule has 1 aliphatic rings. The summed E-state index contributed by atoms with van der Waals surface area (Å²) in [5, 5.41) is 23.7. The molecule has 0 aliphatic carbocycles. The van der Waals surface area contributed by atoms with E-state index in [1.807, 2.05) is 6.92 Å². The summed E-state index contributed by atoms with van der Waals surface area (Å²) in [5.41, 5.74) is 1.10. The molecule has 0 aromatic heterocycles. The van der Waals surface area contributed by atoms with Crippen LogP contribution < -0.4 is 5.32 Å². The summed E-state index contributed by atoms with van der Waals surface area (Å²) in [6, 6.07) is 4.38. The van der Waals surface area contributed by atoms with E-state index in [1.165, 1.54) is 12.1 Å². The molecule has 2 rings (SSSR count). The first kappa shape index (κ1) is 15.4. The van der Waals surface area contributed by atoms with Gasteiger partial charge in [-0.3, -0.25) is 14.9 Å². The largest absolute Gasteiger partial charge is 0.390 e. The van der Waals surface area contributed by atoms with Crippen LogP contribution in [-0.4, -0.2) is 53.1 Å². The molecular formula is C14H19N3O4. The number of fused-ring (bicyclic) bond motifs is 1. The molecule has 0 bridgehead atoms. The molecule has 7 heteroatoms. The van der Waals surface area contributed by atoms with Gasteiger partial charge in [0, 0.05) is 37.3 Å². The molecule has 7 nitrogen and oxygen atoms in total. The number of amides is 1. The number of aliphatic hydroxyl groups excluding tert-OH is 1. The maximum atomic E-state index is 12.4. The number of nitro groups is 1. The normalized spacial score (nSPS) is 15.7. The molecule has 114 valence electrons. The second-order valence-electron chi connectivity index (χ2n) is 5.06. The van der Waals surface area contributed by atoms with E-state index in [2.05, 4.69) is 5.32 Å². The Hall–Kier alpha value is -1.99. The fourth-order valence-corrected chi connectivity index (χ4v) is 2.43. The third-order valence-electron chi connectivity index (χ3n) is 3.53. The highest BCUT2D eigenvalue weighted by Crippen LogP contribution is 2.23. The van der Waals surface area contributed by atoms with Crippen LogP contribution in [0, 0.1) is 10.1 Å². The van der Waals surface area contributed by atoms with Crippen molar-refractivity contribution in [1.82, 2.24) is 10.2 Å². The maximum absolute atomic E-state index is 12.4. The summed E-state index contributed by atoms with van der Waals surface area (Å²) in [4.78, 5) is 24.2. The number of carbonyl (C=O) groups excluding carboxylic acids is 1. The number of likely N-dealkylation sites (N-methyl/N-ethyl adjacent to an activating group) is 1. The van der Waals surface area contributed by atoms with E-state index in [-0.39, 0.29) is 18.1 Å². The number of rotatable bonds is 6. The number of hydrogen-bond acceptors (Lipinski definition) is 5. The number of carbonyl (C=O) groups is 1. The van der Waals surface area contributed by atoms with Gasteiger partial charge in [0.25, 0.3) is 11.6 Å². The lowest BCUT2D eigenvalue weighted by Gasteiger charge is -2.30. The molecule has 21 heavy (non-hydrogen) atoms. The summed E-state index contributed by atoms with van der Waals surface area (Å²) < 4.78 is 0. The lowest BCUT2D eigenvalue weighted by atomic mass is 9.98. The molecule has 1 heterocycles. The van der Waals surface area contributed by atoms with Gasteiger partial charge in [-0.05, 0) is 18.5 Å². The van der Waals surface area contributed by atoms with Crippen LogP contribution in [0.1, 0.15) is 22.8 Å². The molecule has 1 aromatic rings. The Morgan fingerprint density at radius 1 is 1.52 bits per heavy atom. The molecule has 1 amide bonds. The van der Waals surface area contributed by atoms with Crippen LogP contribution in [0.4, 0.5) is 5.69 Å². The fraction of sp³-hybridized carbons (Fsp3) is 0.500. The zero-order valence-corrected chi connectivity index (χ0v) is 11.9. The Morgan fingerprint density at radius 3 is 2.95 bits per heavy atom. The number of benzene rings is 1. The van der Waals surface area contributed by atoms with Crippen LogP contribution in [0.25, 0.3) is 0 Å². The van der Waals surface area contributed by atoms with Gasteiger partial charge in [0.2, 0.25) is 0 Å². The molecular weight excluding hydrogens is 274 g/mol. The Balaban J connectivity index is 2.11. The monoisotopic (exact) mass is 293 g/mol. The molecule has 1 unspecified atom stereocenters. The van der Waals surface area contributed by atoms with E-state index in [4.69, 9.17) is 0 Å². The maximum Gasteiger partial charge on any atom is 0.270 e. The highest BCUT2D eigenvalue weighted by atomic mass is 16.6. The molecule has 0 spiro atoms. The highest BCUT2D eigenvalue weighted by Gasteiger charge is 2.27. The zero-order chi connectivity index (χ0) is 15.4. The number of nitro benzene ring substituents is 1. The summed E-state index contributed by atoms with van der Waals surface area (Å²) >= 11 is 0. The van der Waals surface area contributed by atoms with Crippen LogP contribution in [-0.2, 0) is 6.42 Å². The molecule has 0 fully saturated rings. The van der Waals surface area contributed by atoms with Gasteiger partial charge in [-0.2, -0.15) is 0 Å². The average molecular weight is 293 g/mol. The number of hydrogen-bond donors (Lipinski definition) is 2. The predicted octanol–water partition coefficient (Wildman–Crippen LogP) is 0.564. The standard InChI is InChI=1S/C14H19N3O4/c1-2-15-8-12(18)9-16-6-5-10-3-4-11(17(20)21)7-13(10)14(16)19/h3-4,7,12,15,18H,2,5-6,8-9H2,1H3. The first-order chi connectivity index (χ1) is 10.0. The van der Waals surface area contributed by atoms with Crippen molar-refractivity contribution in [1.29, 1.82) is 0 Å². The third kappa shape index (κ3) is 3.56. The van der Waals surface area contributed by atoms with E-state index in [9.17, 15) is 20.0 Å². The number of β-amino-alcohol motifs (C(OH)–C–C–N with tert-alkyl or cyclic N) is 1. The van der Waals surface area contributed by atoms with Crippen molar-refractivity contribution in [3.8, 4) is 0 Å². The second kappa shape index (κ2) is 6.64. The average Bonchev–Trinajstić information content (AvgIpc) is 2.47. The van der Waals surface area contributed by atoms with Crippen LogP contribution >= 0.6 is 0 Å². The Bertz CT molecular complexity index is 547. The van der Waals surface area contributed by atoms with Crippen LogP contribution in [0.3, 0.4) is 0 Å². The zero-order valence-electron chi connectivity index (χ0n) is 11.9. The van der Waals surface area contributed by atoms with E-state index in [1.54, 1.807) is 11.0 Å². The minimum absolute atomic E-state index is 0.0860. The van der Waals surface area contributed by atoms with Crippen LogP contribution in [0.5, 0.6) is 0 Å². The third-order valence-corrected chi connectivity index (χ3v) is 3.53. The van der Waals surface area contributed by atoms with Crippen LogP contribution in [0.15, 0.2) is 18.2 Å². The van der Waals surface area contributed by atoms with Crippen molar-refractivity contribution in [3.05, 3.63) is 39.4 Å². The van der Waals surface area contributed by atoms with Crippen molar-refractivity contribution in [2.45, 2.75) is 19.4 Å². The van der Waals surface area contributed by atoms with E-state index >= 15 is 0 Å². The van der Waals surface area contributed by atoms with Crippen molar-refractivity contribution in [2.24, 2.45) is 0 Å². The SMILES string of the molecule is CCNCC(O)CN1CCc2ccc([N+](=O)[O-])cc2C1=O. The lowest BCUT2D eigenvalue weighted by Crippen LogP contribution is -2.44. The van der Waals surface area contributed by atoms with Crippen LogP contribution in [0.2, 0.25) is 0 Å². The van der Waals surface area contributed by atoms with E-state index in [0.717, 1.165) is 12.1 Å². The van der Waals surface area contributed by atoms with E-state index < -0.39 is 11.0 Å². The molecule has 0 radical (unpaired) electrons. The molecule has 1 aliphatic heterocycles. The minimum Gasteiger partial charge on any atom is -0.390 e. The quantitative estimate of drug-likeness (QED) is 0.590. The molecule has 1 aromatic carbocycles. The summed E-state index contributed by atoms with van der Waals surface area (Å²) in [7, 11) is 0. The van der Waals surface area contributed by atoms with Gasteiger partial charge in [0.05, 0.1) is 11.0 Å². The number of aliphatic hydroxyl groups is 1. The summed E-state index contributed by atoms with van der Waals surface area (Å²) in [6.07, 6.45) is 0.00152. The lowest BCUT2D eigenvalue weighted by molar-refractivity contribution is -0.384. The predicted molar refractivity (Wildman–Crippen MR) is 77.3 cm³/mol. The number of nitrogens with zero attached hydrogens (tertiary/aromatic N) is 2. The van der Waals surface area contributed by atoms with Gasteiger partial charge < -0.3 is 15.3 Å². The molecule has 2 N–H and O–H groups in total. The smallest absolute Gasteiger partial charge is 0.270 e. The number of non-ortho nitro benzene ring substituents is 1. The Labute approximate surface area is 122 Å². The first-order valence-electron chi connectivity index (χ1n) is 6.98. The molecule has 0 saturated carbocycles. The Morgan fingerprint density at radius 2 is 2.29 bits per heavy atom. The van der Waals surface area contributed by atoms with Gasteiger partial charge in [0.1, 0.15) is 0 Å². The van der Waals surface area contributed by atoms with E-state index in [0.29, 0.717) is 25.1 Å². The Kier molecular flexibility index (Phi) is 4.87. The topological polar surface area (TPSA) is 95.7 Å². The molecule has 1 atom stereocenters. The van der Waals surface area contributed by atoms with Gasteiger partial charge in [-0.25, -0.2) is 0 Å². The highest BCUT2D eigenvalue weighted by molar-refractivity contribution is 5.97. The van der Waals surface area contributed by atoms with Crippen molar-refractivity contribution >= 4 is 11.6 Å². The minimum atomic E-state index is -0.644. The van der Waals surface area contributed by atoms with Crippen molar-refractivity contribution in [2.75, 3.05) is 26.2 Å². The van der Waals surface area contributed by atoms with Gasteiger partial charge in [-0.1, -0.05) is 13.0 Å². The van der Waals surface area contributed by atoms with Crippen molar-refractivity contribution < 1.29 is 14.8 Å². The number of nitrogens with one attached hydrogen (secondary N) is 1. The summed E-state index contributed by atoms with van der Waals surface area (Å²) in [5.74, 6) is -0.254. The van der Waals surface area contributed by atoms with Gasteiger partial charge >= 0.3 is 0 Å². The second-order valence-corrected chi connectivity index (χ2v) is 5.06. The van der Waals surface area contributed by atoms with Crippen molar-refractivity contribution in [3.63, 3.8) is 0 Å². The first-order valence-corrected chi connectivity index (χ1v) is 6.98. The summed E-state index contributed by atoms with van der Waals surface area (Å²) in [6.45, 7) is 3.86. The van der Waals surface area contributed by atoms with Gasteiger partial charge in [0.15, 0.2) is 0 Å².